The zero-order valence-corrected chi connectivity index (χ0v) is 10.7. The van der Waals surface area contributed by atoms with Crippen LogP contribution in [-0.2, 0) is 0 Å². The van der Waals surface area contributed by atoms with E-state index in [-0.39, 0.29) is 0 Å². The van der Waals surface area contributed by atoms with E-state index in [1.807, 2.05) is 0 Å². The van der Waals surface area contributed by atoms with Crippen LogP contribution in [0.5, 0.6) is 0 Å². The summed E-state index contributed by atoms with van der Waals surface area (Å²) in [5.41, 5.74) is 7.02. The van der Waals surface area contributed by atoms with Crippen molar-refractivity contribution in [1.82, 2.24) is 0 Å². The first-order chi connectivity index (χ1) is 6.14. The van der Waals surface area contributed by atoms with Gasteiger partial charge < -0.3 is 5.73 Å². The van der Waals surface area contributed by atoms with Crippen LogP contribution in [0.4, 0.5) is 0 Å². The van der Waals surface area contributed by atoms with Gasteiger partial charge in [0.2, 0.25) is 0 Å². The summed E-state index contributed by atoms with van der Waals surface area (Å²) in [7, 11) is 0. The standard InChI is InChI=1S/C13H27N/c1-12(2,3)9-7-8-10(14)11(9)13(4,5)6/h9-11H,7-8,14H2,1-6H3/t9?,10-,11?/m0/s1. The van der Waals surface area contributed by atoms with E-state index in [0.717, 1.165) is 5.92 Å². The van der Waals surface area contributed by atoms with Crippen molar-refractivity contribution in [3.8, 4) is 0 Å². The molecular weight excluding hydrogens is 170 g/mol. The normalized spacial score (nSPS) is 34.9. The lowest BCUT2D eigenvalue weighted by Gasteiger charge is -2.41. The largest absolute Gasteiger partial charge is 0.327 e. The maximum Gasteiger partial charge on any atom is 0.00751 e. The third kappa shape index (κ3) is 2.31. The first-order valence-corrected chi connectivity index (χ1v) is 5.89. The lowest BCUT2D eigenvalue weighted by molar-refractivity contribution is 0.0897. The van der Waals surface area contributed by atoms with Gasteiger partial charge in [-0.1, -0.05) is 41.5 Å². The van der Waals surface area contributed by atoms with Crippen LogP contribution in [0.2, 0.25) is 0 Å². The van der Waals surface area contributed by atoms with E-state index < -0.39 is 0 Å². The molecule has 0 bridgehead atoms. The van der Waals surface area contributed by atoms with Gasteiger partial charge in [-0.3, -0.25) is 0 Å². The zero-order chi connectivity index (χ0) is 11.1. The van der Waals surface area contributed by atoms with E-state index in [9.17, 15) is 0 Å². The Bertz CT molecular complexity index is 194. The fourth-order valence-corrected chi connectivity index (χ4v) is 3.25. The molecule has 0 radical (unpaired) electrons. The van der Waals surface area contributed by atoms with E-state index in [4.69, 9.17) is 5.73 Å². The fourth-order valence-electron chi connectivity index (χ4n) is 3.25. The maximum absolute atomic E-state index is 6.25. The molecule has 0 aromatic rings. The second kappa shape index (κ2) is 3.52. The molecule has 0 aromatic carbocycles. The van der Waals surface area contributed by atoms with Gasteiger partial charge >= 0.3 is 0 Å². The van der Waals surface area contributed by atoms with E-state index in [0.29, 0.717) is 22.8 Å². The SMILES string of the molecule is CC(C)(C)C1CC[C@H](N)C1C(C)(C)C. The molecule has 1 heteroatoms. The average Bonchev–Trinajstić information content (AvgIpc) is 2.27. The fraction of sp³-hybridized carbons (Fsp3) is 1.00. The monoisotopic (exact) mass is 197 g/mol. The molecule has 2 N–H and O–H groups in total. The maximum atomic E-state index is 6.25. The van der Waals surface area contributed by atoms with E-state index in [1.165, 1.54) is 12.8 Å². The molecule has 1 rings (SSSR count). The molecular formula is C13H27N. The van der Waals surface area contributed by atoms with Crippen LogP contribution in [-0.4, -0.2) is 6.04 Å². The van der Waals surface area contributed by atoms with Crippen molar-refractivity contribution < 1.29 is 0 Å². The summed E-state index contributed by atoms with van der Waals surface area (Å²) in [5, 5.41) is 0. The average molecular weight is 197 g/mol. The van der Waals surface area contributed by atoms with Gasteiger partial charge in [0.25, 0.3) is 0 Å². The Hall–Kier alpha value is -0.0400. The Balaban J connectivity index is 2.88. The lowest BCUT2D eigenvalue weighted by atomic mass is 9.65. The summed E-state index contributed by atoms with van der Waals surface area (Å²) < 4.78 is 0. The summed E-state index contributed by atoms with van der Waals surface area (Å²) in [6, 6.07) is 0.416. The second-order valence-electron chi connectivity index (χ2n) is 7.11. The molecule has 0 aliphatic heterocycles. The zero-order valence-electron chi connectivity index (χ0n) is 10.7. The quantitative estimate of drug-likeness (QED) is 0.632. The molecule has 0 heterocycles. The van der Waals surface area contributed by atoms with Crippen molar-refractivity contribution in [2.75, 3.05) is 0 Å². The van der Waals surface area contributed by atoms with Gasteiger partial charge in [0.05, 0.1) is 0 Å². The Kier molecular flexibility index (Phi) is 3.02. The van der Waals surface area contributed by atoms with Gasteiger partial charge in [0, 0.05) is 6.04 Å². The number of nitrogens with two attached hydrogens (primary N) is 1. The highest BCUT2D eigenvalue weighted by atomic mass is 14.7. The van der Waals surface area contributed by atoms with E-state index in [2.05, 4.69) is 41.5 Å². The molecule has 1 saturated carbocycles. The van der Waals surface area contributed by atoms with Crippen LogP contribution in [0, 0.1) is 22.7 Å². The molecule has 84 valence electrons. The predicted molar refractivity (Wildman–Crippen MR) is 63.1 cm³/mol. The Morgan fingerprint density at radius 1 is 0.857 bits per heavy atom. The molecule has 1 fully saturated rings. The summed E-state index contributed by atoms with van der Waals surface area (Å²) in [4.78, 5) is 0. The van der Waals surface area contributed by atoms with Gasteiger partial charge in [-0.15, -0.1) is 0 Å². The van der Waals surface area contributed by atoms with Crippen molar-refractivity contribution >= 4 is 0 Å². The molecule has 1 nitrogen and oxygen atoms in total. The van der Waals surface area contributed by atoms with Crippen molar-refractivity contribution in [3.05, 3.63) is 0 Å². The summed E-state index contributed by atoms with van der Waals surface area (Å²) >= 11 is 0. The minimum Gasteiger partial charge on any atom is -0.327 e. The van der Waals surface area contributed by atoms with Gasteiger partial charge in [0.1, 0.15) is 0 Å². The molecule has 0 saturated heterocycles. The Morgan fingerprint density at radius 2 is 1.36 bits per heavy atom. The van der Waals surface area contributed by atoms with Crippen molar-refractivity contribution in [1.29, 1.82) is 0 Å². The van der Waals surface area contributed by atoms with Crippen molar-refractivity contribution in [2.24, 2.45) is 28.4 Å². The van der Waals surface area contributed by atoms with Crippen molar-refractivity contribution in [2.45, 2.75) is 60.4 Å². The Morgan fingerprint density at radius 3 is 1.64 bits per heavy atom. The smallest absolute Gasteiger partial charge is 0.00751 e. The highest BCUT2D eigenvalue weighted by Gasteiger charge is 2.45. The van der Waals surface area contributed by atoms with Crippen LogP contribution < -0.4 is 5.73 Å². The van der Waals surface area contributed by atoms with Crippen LogP contribution >= 0.6 is 0 Å². The van der Waals surface area contributed by atoms with Crippen LogP contribution in [0.1, 0.15) is 54.4 Å². The lowest BCUT2D eigenvalue weighted by Crippen LogP contribution is -2.41. The Labute approximate surface area is 89.5 Å². The number of hydrogen-bond acceptors (Lipinski definition) is 1. The van der Waals surface area contributed by atoms with E-state index in [1.54, 1.807) is 0 Å². The molecule has 3 atom stereocenters. The van der Waals surface area contributed by atoms with Gasteiger partial charge in [-0.25, -0.2) is 0 Å². The third-order valence-corrected chi connectivity index (χ3v) is 3.82. The first kappa shape index (κ1) is 12.0. The van der Waals surface area contributed by atoms with Crippen LogP contribution in [0.3, 0.4) is 0 Å². The summed E-state index contributed by atoms with van der Waals surface area (Å²) in [5.74, 6) is 1.47. The number of hydrogen-bond donors (Lipinski definition) is 1. The number of rotatable bonds is 0. The topological polar surface area (TPSA) is 26.0 Å². The van der Waals surface area contributed by atoms with Crippen LogP contribution in [0.25, 0.3) is 0 Å². The van der Waals surface area contributed by atoms with Gasteiger partial charge in [-0.2, -0.15) is 0 Å². The minimum absolute atomic E-state index is 0.355. The summed E-state index contributed by atoms with van der Waals surface area (Å²) in [6.45, 7) is 14.1. The second-order valence-corrected chi connectivity index (χ2v) is 7.11. The third-order valence-electron chi connectivity index (χ3n) is 3.82. The molecule has 2 unspecified atom stereocenters. The predicted octanol–water partition coefficient (Wildman–Crippen LogP) is 3.43. The molecule has 0 aromatic heterocycles. The van der Waals surface area contributed by atoms with Crippen LogP contribution in [0.15, 0.2) is 0 Å². The van der Waals surface area contributed by atoms with Crippen molar-refractivity contribution in [3.63, 3.8) is 0 Å². The molecule has 1 aliphatic rings. The highest BCUT2D eigenvalue weighted by Crippen LogP contribution is 2.49. The molecule has 0 spiro atoms. The summed E-state index contributed by atoms with van der Waals surface area (Å²) in [6.07, 6.45) is 2.52. The van der Waals surface area contributed by atoms with Gasteiger partial charge in [-0.05, 0) is 35.5 Å². The minimum atomic E-state index is 0.355. The first-order valence-electron chi connectivity index (χ1n) is 5.89. The molecule has 14 heavy (non-hydrogen) atoms. The van der Waals surface area contributed by atoms with Gasteiger partial charge in [0.15, 0.2) is 0 Å². The van der Waals surface area contributed by atoms with E-state index >= 15 is 0 Å². The highest BCUT2D eigenvalue weighted by molar-refractivity contribution is 4.97. The molecule has 1 aliphatic carbocycles. The molecule has 0 amide bonds.